The Hall–Kier alpha value is -2.09. The fraction of sp³-hybridized carbons (Fsp3) is 0.0625. The van der Waals surface area contributed by atoms with Gasteiger partial charge in [0, 0.05) is 11.9 Å². The zero-order chi connectivity index (χ0) is 17.3. The molecule has 0 spiro atoms. The van der Waals surface area contributed by atoms with Crippen molar-refractivity contribution < 1.29 is 14.7 Å². The molecule has 1 N–H and O–H groups in total. The molecule has 0 aliphatic carbocycles. The van der Waals surface area contributed by atoms with Gasteiger partial charge in [0.05, 0.1) is 21.2 Å². The number of hydrogen-bond donors (Lipinski definition) is 1. The Kier molecular flexibility index (Phi) is 4.75. The smallest absolute Gasteiger partial charge is 0.337 e. The number of amidine groups is 1. The standard InChI is InChI=1S/C16H11ClN2O3S2/c1-19-14(20)13(8-10-3-2-6-23-10)24-16(19)18-9-4-5-12(17)11(7-9)15(21)22/h2-8H,1H3,(H,21,22). The van der Waals surface area contributed by atoms with Gasteiger partial charge in [0.1, 0.15) is 0 Å². The van der Waals surface area contributed by atoms with E-state index in [0.717, 1.165) is 4.88 Å². The Morgan fingerprint density at radius 3 is 2.83 bits per heavy atom. The number of carbonyl (C=O) groups excluding carboxylic acids is 1. The number of aliphatic imine (C=N–C) groups is 1. The molecular formula is C16H11ClN2O3S2. The Morgan fingerprint density at radius 2 is 2.17 bits per heavy atom. The normalized spacial score (nSPS) is 17.9. The summed E-state index contributed by atoms with van der Waals surface area (Å²) < 4.78 is 0. The molecule has 8 heteroatoms. The summed E-state index contributed by atoms with van der Waals surface area (Å²) in [4.78, 5) is 30.8. The van der Waals surface area contributed by atoms with Gasteiger partial charge in [-0.1, -0.05) is 17.7 Å². The molecule has 1 aliphatic rings. The predicted molar refractivity (Wildman–Crippen MR) is 98.2 cm³/mol. The SMILES string of the molecule is CN1C(=O)C(=Cc2cccs2)SC1=Nc1ccc(Cl)c(C(=O)O)c1. The number of carboxylic acids is 1. The van der Waals surface area contributed by atoms with Gasteiger partial charge in [0.15, 0.2) is 5.17 Å². The van der Waals surface area contributed by atoms with Gasteiger partial charge in [0.2, 0.25) is 0 Å². The van der Waals surface area contributed by atoms with Crippen LogP contribution >= 0.6 is 34.7 Å². The Morgan fingerprint density at radius 1 is 1.38 bits per heavy atom. The molecule has 24 heavy (non-hydrogen) atoms. The van der Waals surface area contributed by atoms with Crippen LogP contribution in [0, 0.1) is 0 Å². The number of thioether (sulfide) groups is 1. The fourth-order valence-electron chi connectivity index (χ4n) is 2.01. The van der Waals surface area contributed by atoms with Crippen molar-refractivity contribution >= 4 is 63.5 Å². The molecule has 5 nitrogen and oxygen atoms in total. The van der Waals surface area contributed by atoms with Gasteiger partial charge in [-0.2, -0.15) is 0 Å². The van der Waals surface area contributed by atoms with Crippen molar-refractivity contribution in [3.63, 3.8) is 0 Å². The van der Waals surface area contributed by atoms with E-state index < -0.39 is 5.97 Å². The second-order valence-electron chi connectivity index (χ2n) is 4.85. The van der Waals surface area contributed by atoms with E-state index in [1.54, 1.807) is 24.5 Å². The molecule has 2 aromatic rings. The molecule has 1 fully saturated rings. The first-order chi connectivity index (χ1) is 11.5. The van der Waals surface area contributed by atoms with Gasteiger partial charge in [-0.25, -0.2) is 9.79 Å². The van der Waals surface area contributed by atoms with E-state index in [9.17, 15) is 9.59 Å². The highest BCUT2D eigenvalue weighted by molar-refractivity contribution is 8.18. The van der Waals surface area contributed by atoms with E-state index in [0.29, 0.717) is 15.8 Å². The summed E-state index contributed by atoms with van der Waals surface area (Å²) in [6.07, 6.45) is 1.82. The van der Waals surface area contributed by atoms with Crippen molar-refractivity contribution in [2.75, 3.05) is 7.05 Å². The maximum Gasteiger partial charge on any atom is 0.337 e. The van der Waals surface area contributed by atoms with Gasteiger partial charge in [-0.3, -0.25) is 9.69 Å². The number of hydrogen-bond acceptors (Lipinski definition) is 5. The quantitative estimate of drug-likeness (QED) is 0.807. The highest BCUT2D eigenvalue weighted by Gasteiger charge is 2.30. The van der Waals surface area contributed by atoms with Crippen LogP contribution in [0.3, 0.4) is 0 Å². The summed E-state index contributed by atoms with van der Waals surface area (Å²) in [7, 11) is 1.64. The average Bonchev–Trinajstić information content (AvgIpc) is 3.14. The largest absolute Gasteiger partial charge is 0.478 e. The third-order valence-corrected chi connectivity index (χ3v) is 5.43. The lowest BCUT2D eigenvalue weighted by Gasteiger charge is -2.07. The van der Waals surface area contributed by atoms with Crippen molar-refractivity contribution in [3.05, 3.63) is 56.1 Å². The topological polar surface area (TPSA) is 70.0 Å². The third-order valence-electron chi connectivity index (χ3n) is 3.23. The highest BCUT2D eigenvalue weighted by atomic mass is 35.5. The lowest BCUT2D eigenvalue weighted by Crippen LogP contribution is -2.23. The van der Waals surface area contributed by atoms with E-state index >= 15 is 0 Å². The molecule has 0 radical (unpaired) electrons. The van der Waals surface area contributed by atoms with Gasteiger partial charge in [-0.15, -0.1) is 11.3 Å². The Bertz CT molecular complexity index is 875. The van der Waals surface area contributed by atoms with Crippen LogP contribution in [0.1, 0.15) is 15.2 Å². The molecule has 2 heterocycles. The minimum atomic E-state index is -1.12. The van der Waals surface area contributed by atoms with E-state index in [2.05, 4.69) is 4.99 Å². The molecule has 0 saturated carbocycles. The van der Waals surface area contributed by atoms with E-state index in [1.807, 2.05) is 23.6 Å². The van der Waals surface area contributed by atoms with Gasteiger partial charge in [0.25, 0.3) is 5.91 Å². The summed E-state index contributed by atoms with van der Waals surface area (Å²) in [5, 5.41) is 11.7. The van der Waals surface area contributed by atoms with E-state index in [1.165, 1.54) is 28.8 Å². The zero-order valence-corrected chi connectivity index (χ0v) is 14.8. The van der Waals surface area contributed by atoms with Crippen LogP contribution in [0.25, 0.3) is 6.08 Å². The first-order valence-electron chi connectivity index (χ1n) is 6.78. The summed E-state index contributed by atoms with van der Waals surface area (Å²) in [5.41, 5.74) is 0.404. The first kappa shape index (κ1) is 16.8. The lowest BCUT2D eigenvalue weighted by atomic mass is 10.2. The minimum Gasteiger partial charge on any atom is -0.478 e. The summed E-state index contributed by atoms with van der Waals surface area (Å²) in [6.45, 7) is 0. The van der Waals surface area contributed by atoms with Crippen molar-refractivity contribution in [2.45, 2.75) is 0 Å². The molecule has 1 aliphatic heterocycles. The molecule has 1 saturated heterocycles. The van der Waals surface area contributed by atoms with Gasteiger partial charge in [-0.05, 0) is 47.5 Å². The van der Waals surface area contributed by atoms with Gasteiger partial charge >= 0.3 is 5.97 Å². The number of aromatic carboxylic acids is 1. The molecule has 0 unspecified atom stereocenters. The number of carboxylic acid groups (broad SMARTS) is 1. The van der Waals surface area contributed by atoms with Crippen LogP contribution in [0.2, 0.25) is 5.02 Å². The number of rotatable bonds is 3. The monoisotopic (exact) mass is 378 g/mol. The number of benzene rings is 1. The van der Waals surface area contributed by atoms with Crippen molar-refractivity contribution in [2.24, 2.45) is 4.99 Å². The number of thiophene rings is 1. The second kappa shape index (κ2) is 6.80. The first-order valence-corrected chi connectivity index (χ1v) is 8.86. The fourth-order valence-corrected chi connectivity index (χ4v) is 3.92. The third kappa shape index (κ3) is 3.38. The Balaban J connectivity index is 1.92. The maximum absolute atomic E-state index is 12.3. The average molecular weight is 379 g/mol. The van der Waals surface area contributed by atoms with Crippen LogP contribution in [0.5, 0.6) is 0 Å². The Labute approximate surface area is 151 Å². The molecule has 3 rings (SSSR count). The molecule has 0 atom stereocenters. The molecule has 1 amide bonds. The molecule has 1 aromatic carbocycles. The molecule has 0 bridgehead atoms. The van der Waals surface area contributed by atoms with Crippen molar-refractivity contribution in [1.29, 1.82) is 0 Å². The van der Waals surface area contributed by atoms with Gasteiger partial charge < -0.3 is 5.11 Å². The van der Waals surface area contributed by atoms with Crippen LogP contribution < -0.4 is 0 Å². The van der Waals surface area contributed by atoms with Crippen LogP contribution in [0.4, 0.5) is 5.69 Å². The summed E-state index contributed by atoms with van der Waals surface area (Å²) in [5.74, 6) is -1.26. The number of amides is 1. The van der Waals surface area contributed by atoms with Crippen molar-refractivity contribution in [3.8, 4) is 0 Å². The maximum atomic E-state index is 12.3. The number of likely N-dealkylation sites (N-methyl/N-ethyl adjacent to an activating group) is 1. The number of halogens is 1. The van der Waals surface area contributed by atoms with Crippen LogP contribution in [-0.4, -0.2) is 34.1 Å². The van der Waals surface area contributed by atoms with Crippen LogP contribution in [-0.2, 0) is 4.79 Å². The van der Waals surface area contributed by atoms with E-state index in [-0.39, 0.29) is 16.5 Å². The highest BCUT2D eigenvalue weighted by Crippen LogP contribution is 2.34. The van der Waals surface area contributed by atoms with Crippen molar-refractivity contribution in [1.82, 2.24) is 4.90 Å². The van der Waals surface area contributed by atoms with Crippen LogP contribution in [0.15, 0.2) is 45.6 Å². The molecule has 122 valence electrons. The second-order valence-corrected chi connectivity index (χ2v) is 7.25. The number of nitrogens with zero attached hydrogens (tertiary/aromatic N) is 2. The van der Waals surface area contributed by atoms with E-state index in [4.69, 9.17) is 16.7 Å². The predicted octanol–water partition coefficient (Wildman–Crippen LogP) is 4.33. The zero-order valence-electron chi connectivity index (χ0n) is 12.4. The molecular weight excluding hydrogens is 368 g/mol. The summed E-state index contributed by atoms with van der Waals surface area (Å²) in [6, 6.07) is 8.33. The minimum absolute atomic E-state index is 0.0233. The molecule has 1 aromatic heterocycles. The number of carbonyl (C=O) groups is 2. The summed E-state index contributed by atoms with van der Waals surface area (Å²) >= 11 is 8.65. The lowest BCUT2D eigenvalue weighted by molar-refractivity contribution is -0.121.